The van der Waals surface area contributed by atoms with Crippen molar-refractivity contribution >= 4 is 11.7 Å². The van der Waals surface area contributed by atoms with E-state index in [1.54, 1.807) is 19.5 Å². The lowest BCUT2D eigenvalue weighted by Gasteiger charge is -2.10. The van der Waals surface area contributed by atoms with Crippen molar-refractivity contribution in [3.05, 3.63) is 97.1 Å². The van der Waals surface area contributed by atoms with Gasteiger partial charge in [-0.2, -0.15) is 0 Å². The molecule has 2 heterocycles. The quantitative estimate of drug-likeness (QED) is 0.303. The maximum Gasteiger partial charge on any atom is 0.299 e. The topological polar surface area (TPSA) is 82.5 Å². The van der Waals surface area contributed by atoms with Crippen LogP contribution in [0.5, 0.6) is 11.5 Å². The number of para-hydroxylation sites is 1. The molecule has 0 aliphatic rings. The molecule has 5 rings (SSSR count). The van der Waals surface area contributed by atoms with Gasteiger partial charge < -0.3 is 23.6 Å². The third-order valence-electron chi connectivity index (χ3n) is 5.05. The summed E-state index contributed by atoms with van der Waals surface area (Å²) in [6.45, 7) is 0.467. The summed E-state index contributed by atoms with van der Waals surface area (Å²) in [7, 11) is 1.61. The Bertz CT molecular complexity index is 1330. The lowest BCUT2D eigenvalue weighted by atomic mass is 10.1. The van der Waals surface area contributed by atoms with Crippen molar-refractivity contribution in [1.82, 2.24) is 9.97 Å². The van der Waals surface area contributed by atoms with Crippen molar-refractivity contribution in [3.63, 3.8) is 0 Å². The fraction of sp³-hybridized carbons (Fsp3) is 0.0769. The predicted octanol–water partition coefficient (Wildman–Crippen LogP) is 6.33. The summed E-state index contributed by atoms with van der Waals surface area (Å²) < 4.78 is 22.9. The number of anilines is 2. The molecule has 0 aliphatic heterocycles. The molecule has 0 radical (unpaired) electrons. The molecule has 0 fully saturated rings. The van der Waals surface area contributed by atoms with Crippen LogP contribution in [0.3, 0.4) is 0 Å². The van der Waals surface area contributed by atoms with E-state index in [1.807, 2.05) is 72.8 Å². The lowest BCUT2D eigenvalue weighted by molar-refractivity contribution is 0.307. The van der Waals surface area contributed by atoms with E-state index in [0.29, 0.717) is 29.9 Å². The summed E-state index contributed by atoms with van der Waals surface area (Å²) in [5.74, 6) is 2.60. The Morgan fingerprint density at radius 2 is 1.67 bits per heavy atom. The Morgan fingerprint density at radius 1 is 0.848 bits per heavy atom. The fourth-order valence-corrected chi connectivity index (χ4v) is 3.43. The van der Waals surface area contributed by atoms with Gasteiger partial charge in [-0.25, -0.2) is 9.97 Å². The maximum atomic E-state index is 6.05. The van der Waals surface area contributed by atoms with E-state index in [2.05, 4.69) is 15.3 Å². The minimum Gasteiger partial charge on any atom is -0.496 e. The molecule has 0 spiro atoms. The van der Waals surface area contributed by atoms with Crippen LogP contribution in [0.2, 0.25) is 0 Å². The summed E-state index contributed by atoms with van der Waals surface area (Å²) >= 11 is 0. The van der Waals surface area contributed by atoms with Crippen molar-refractivity contribution < 1.29 is 18.3 Å². The number of aromatic nitrogens is 2. The van der Waals surface area contributed by atoms with Crippen LogP contribution >= 0.6 is 0 Å². The molecule has 7 nitrogen and oxygen atoms in total. The summed E-state index contributed by atoms with van der Waals surface area (Å²) in [4.78, 5) is 8.33. The molecule has 0 saturated heterocycles. The molecular weight excluding hydrogens is 418 g/mol. The molecule has 0 aliphatic carbocycles. The standard InChI is InChI=1S/C26H21N3O4/c1-30-23-13-19(11-12-21(23)24-14-27-17-32-24)29-26-28-15-25(33-26)20-9-5-6-10-22(20)31-16-18-7-3-2-4-8-18/h2-15,17H,16H2,1H3,(H,28,29). The molecule has 0 saturated carbocycles. The number of ether oxygens (including phenoxy) is 2. The zero-order valence-electron chi connectivity index (χ0n) is 17.9. The first-order chi connectivity index (χ1) is 16.3. The number of rotatable bonds is 8. The number of methoxy groups -OCH3 is 1. The van der Waals surface area contributed by atoms with Crippen LogP contribution in [0.15, 0.2) is 100 Å². The van der Waals surface area contributed by atoms with E-state index in [4.69, 9.17) is 18.3 Å². The van der Waals surface area contributed by atoms with Crippen LogP contribution in [0.4, 0.5) is 11.7 Å². The van der Waals surface area contributed by atoms with Gasteiger partial charge in [0.2, 0.25) is 0 Å². The molecule has 33 heavy (non-hydrogen) atoms. The van der Waals surface area contributed by atoms with Crippen LogP contribution in [0.1, 0.15) is 5.56 Å². The molecule has 0 bridgehead atoms. The number of nitrogens with one attached hydrogen (secondary N) is 1. The maximum absolute atomic E-state index is 6.05. The number of hydrogen-bond donors (Lipinski definition) is 1. The minimum atomic E-state index is 0.359. The Morgan fingerprint density at radius 3 is 2.48 bits per heavy atom. The highest BCUT2D eigenvalue weighted by Gasteiger charge is 2.14. The van der Waals surface area contributed by atoms with Gasteiger partial charge in [-0.1, -0.05) is 42.5 Å². The zero-order valence-corrected chi connectivity index (χ0v) is 17.9. The molecule has 164 valence electrons. The van der Waals surface area contributed by atoms with Gasteiger partial charge in [0.05, 0.1) is 30.6 Å². The van der Waals surface area contributed by atoms with E-state index in [0.717, 1.165) is 28.1 Å². The van der Waals surface area contributed by atoms with Crippen LogP contribution in [0.25, 0.3) is 22.6 Å². The van der Waals surface area contributed by atoms with Crippen LogP contribution < -0.4 is 14.8 Å². The van der Waals surface area contributed by atoms with Gasteiger partial charge in [-0.3, -0.25) is 0 Å². The lowest BCUT2D eigenvalue weighted by Crippen LogP contribution is -1.96. The van der Waals surface area contributed by atoms with E-state index in [9.17, 15) is 0 Å². The average Bonchev–Trinajstić information content (AvgIpc) is 3.56. The second-order valence-electron chi connectivity index (χ2n) is 7.21. The van der Waals surface area contributed by atoms with Gasteiger partial charge >= 0.3 is 0 Å². The molecule has 0 atom stereocenters. The molecule has 0 amide bonds. The Balaban J connectivity index is 1.34. The van der Waals surface area contributed by atoms with Gasteiger partial charge in [-0.15, -0.1) is 0 Å². The van der Waals surface area contributed by atoms with Crippen molar-refractivity contribution in [2.75, 3.05) is 12.4 Å². The number of benzene rings is 3. The van der Waals surface area contributed by atoms with E-state index < -0.39 is 0 Å². The SMILES string of the molecule is COc1cc(Nc2ncc(-c3ccccc3OCc3ccccc3)o2)ccc1-c1cnco1. The molecule has 3 aromatic carbocycles. The monoisotopic (exact) mass is 439 g/mol. The third-order valence-corrected chi connectivity index (χ3v) is 5.05. The molecule has 5 aromatic rings. The van der Waals surface area contributed by atoms with Crippen molar-refractivity contribution in [3.8, 4) is 34.1 Å². The van der Waals surface area contributed by atoms with Crippen LogP contribution in [0, 0.1) is 0 Å². The summed E-state index contributed by atoms with van der Waals surface area (Å²) in [6.07, 6.45) is 4.70. The minimum absolute atomic E-state index is 0.359. The Kier molecular flexibility index (Phi) is 5.75. The smallest absolute Gasteiger partial charge is 0.299 e. The first-order valence-electron chi connectivity index (χ1n) is 10.4. The van der Waals surface area contributed by atoms with Gasteiger partial charge in [0, 0.05) is 11.8 Å². The molecule has 7 heteroatoms. The molecule has 2 aromatic heterocycles. The highest BCUT2D eigenvalue weighted by atomic mass is 16.5. The first kappa shape index (κ1) is 20.4. The van der Waals surface area contributed by atoms with Crippen molar-refractivity contribution in [2.45, 2.75) is 6.61 Å². The zero-order chi connectivity index (χ0) is 22.5. The highest BCUT2D eigenvalue weighted by molar-refractivity contribution is 5.71. The largest absolute Gasteiger partial charge is 0.496 e. The van der Waals surface area contributed by atoms with Gasteiger partial charge in [0.25, 0.3) is 6.01 Å². The van der Waals surface area contributed by atoms with E-state index in [1.165, 1.54) is 6.39 Å². The fourth-order valence-electron chi connectivity index (χ4n) is 3.43. The van der Waals surface area contributed by atoms with Gasteiger partial charge in [-0.05, 0) is 29.8 Å². The van der Waals surface area contributed by atoms with Gasteiger partial charge in [0.1, 0.15) is 18.1 Å². The summed E-state index contributed by atoms with van der Waals surface area (Å²) in [6, 6.07) is 23.7. The van der Waals surface area contributed by atoms with Crippen LogP contribution in [-0.2, 0) is 6.61 Å². The Labute approximate surface area is 190 Å². The predicted molar refractivity (Wildman–Crippen MR) is 124 cm³/mol. The molecule has 0 unspecified atom stereocenters. The number of hydrogen-bond acceptors (Lipinski definition) is 7. The van der Waals surface area contributed by atoms with Crippen molar-refractivity contribution in [1.29, 1.82) is 0 Å². The van der Waals surface area contributed by atoms with Crippen LogP contribution in [-0.4, -0.2) is 17.1 Å². The first-order valence-corrected chi connectivity index (χ1v) is 10.4. The Hall–Kier alpha value is -4.52. The number of oxazole rings is 2. The van der Waals surface area contributed by atoms with Gasteiger partial charge in [0.15, 0.2) is 17.9 Å². The number of nitrogens with zero attached hydrogens (tertiary/aromatic N) is 2. The third kappa shape index (κ3) is 4.57. The van der Waals surface area contributed by atoms with E-state index >= 15 is 0 Å². The highest BCUT2D eigenvalue weighted by Crippen LogP contribution is 2.35. The molecular formula is C26H21N3O4. The normalized spacial score (nSPS) is 10.7. The summed E-state index contributed by atoms with van der Waals surface area (Å²) in [5, 5.41) is 3.17. The second-order valence-corrected chi connectivity index (χ2v) is 7.21. The van der Waals surface area contributed by atoms with E-state index in [-0.39, 0.29) is 0 Å². The average molecular weight is 439 g/mol. The molecule has 1 N–H and O–H groups in total. The second kappa shape index (κ2) is 9.32. The summed E-state index contributed by atoms with van der Waals surface area (Å²) in [5.41, 5.74) is 3.48. The van der Waals surface area contributed by atoms with Crippen molar-refractivity contribution in [2.24, 2.45) is 0 Å².